The number of benzene rings is 1. The lowest BCUT2D eigenvalue weighted by molar-refractivity contribution is -0.117. The second-order valence-corrected chi connectivity index (χ2v) is 6.88. The molecule has 0 bridgehead atoms. The third kappa shape index (κ3) is 3.79. The first-order valence-electron chi connectivity index (χ1n) is 7.60. The van der Waals surface area contributed by atoms with Crippen LogP contribution >= 0.6 is 11.3 Å². The van der Waals surface area contributed by atoms with Crippen molar-refractivity contribution in [1.82, 2.24) is 5.32 Å². The van der Waals surface area contributed by atoms with Crippen LogP contribution in [-0.2, 0) is 4.79 Å². The minimum Gasteiger partial charge on any atom is -0.345 e. The third-order valence-corrected chi connectivity index (χ3v) is 4.82. The number of carbonyl (C=O) groups is 2. The third-order valence-electron chi connectivity index (χ3n) is 3.82. The summed E-state index contributed by atoms with van der Waals surface area (Å²) in [5.74, 6) is -2.12. The van der Waals surface area contributed by atoms with E-state index in [9.17, 15) is 18.4 Å². The second-order valence-electron chi connectivity index (χ2n) is 5.80. The van der Waals surface area contributed by atoms with Gasteiger partial charge >= 0.3 is 0 Å². The highest BCUT2D eigenvalue weighted by Crippen LogP contribution is 2.31. The lowest BCUT2D eigenvalue weighted by Gasteiger charge is -2.13. The zero-order valence-electron chi connectivity index (χ0n) is 12.9. The Balaban J connectivity index is 1.62. The predicted molar refractivity (Wildman–Crippen MR) is 87.9 cm³/mol. The van der Waals surface area contributed by atoms with Crippen molar-refractivity contribution in [1.29, 1.82) is 0 Å². The Kier molecular flexibility index (Phi) is 4.62. The number of thiophene rings is 1. The van der Waals surface area contributed by atoms with Crippen molar-refractivity contribution >= 4 is 28.2 Å². The van der Waals surface area contributed by atoms with Crippen LogP contribution in [-0.4, -0.2) is 11.8 Å². The number of hydrogen-bond donors (Lipinski definition) is 2. The Morgan fingerprint density at radius 1 is 1.17 bits per heavy atom. The molecule has 2 aromatic rings. The van der Waals surface area contributed by atoms with E-state index in [0.29, 0.717) is 15.4 Å². The van der Waals surface area contributed by atoms with Crippen LogP contribution in [0.15, 0.2) is 30.3 Å². The van der Waals surface area contributed by atoms with Crippen LogP contribution in [0.2, 0.25) is 0 Å². The van der Waals surface area contributed by atoms with E-state index in [1.165, 1.54) is 17.4 Å². The van der Waals surface area contributed by atoms with Crippen molar-refractivity contribution in [2.24, 2.45) is 5.92 Å². The van der Waals surface area contributed by atoms with Crippen LogP contribution in [0.1, 0.15) is 41.0 Å². The van der Waals surface area contributed by atoms with E-state index >= 15 is 0 Å². The van der Waals surface area contributed by atoms with E-state index in [1.54, 1.807) is 19.1 Å². The van der Waals surface area contributed by atoms with Gasteiger partial charge < -0.3 is 10.6 Å². The molecule has 3 rings (SSSR count). The molecule has 126 valence electrons. The number of halogens is 2. The number of rotatable bonds is 5. The van der Waals surface area contributed by atoms with Gasteiger partial charge in [0.25, 0.3) is 5.91 Å². The largest absolute Gasteiger partial charge is 0.345 e. The fourth-order valence-corrected chi connectivity index (χ4v) is 3.04. The monoisotopic (exact) mass is 350 g/mol. The molecule has 0 radical (unpaired) electrons. The van der Waals surface area contributed by atoms with Gasteiger partial charge in [-0.15, -0.1) is 11.3 Å². The van der Waals surface area contributed by atoms with Crippen molar-refractivity contribution < 1.29 is 18.4 Å². The first kappa shape index (κ1) is 16.6. The summed E-state index contributed by atoms with van der Waals surface area (Å²) in [7, 11) is 0. The van der Waals surface area contributed by atoms with Crippen molar-refractivity contribution in [2.75, 3.05) is 5.32 Å². The molecule has 1 heterocycles. The summed E-state index contributed by atoms with van der Waals surface area (Å²) in [5.41, 5.74) is 0.473. The molecule has 1 unspecified atom stereocenters. The van der Waals surface area contributed by atoms with Crippen LogP contribution in [0.5, 0.6) is 0 Å². The summed E-state index contributed by atoms with van der Waals surface area (Å²) < 4.78 is 26.2. The Morgan fingerprint density at radius 2 is 1.92 bits per heavy atom. The molecule has 24 heavy (non-hydrogen) atoms. The number of anilines is 1. The summed E-state index contributed by atoms with van der Waals surface area (Å²) in [6.45, 7) is 1.69. The maximum absolute atomic E-state index is 13.3. The first-order chi connectivity index (χ1) is 11.4. The second kappa shape index (κ2) is 6.68. The molecular formula is C17H16F2N2O2S. The lowest BCUT2D eigenvalue weighted by atomic mass is 10.1. The highest BCUT2D eigenvalue weighted by Gasteiger charge is 2.29. The molecule has 2 N–H and O–H groups in total. The molecule has 0 spiro atoms. The van der Waals surface area contributed by atoms with Crippen LogP contribution in [0.25, 0.3) is 0 Å². The van der Waals surface area contributed by atoms with E-state index in [-0.39, 0.29) is 17.7 Å². The maximum Gasteiger partial charge on any atom is 0.261 e. The van der Waals surface area contributed by atoms with Crippen LogP contribution in [0.3, 0.4) is 0 Å². The number of hydrogen-bond acceptors (Lipinski definition) is 3. The van der Waals surface area contributed by atoms with E-state index in [0.717, 1.165) is 25.0 Å². The van der Waals surface area contributed by atoms with Gasteiger partial charge in [0, 0.05) is 5.92 Å². The van der Waals surface area contributed by atoms with Crippen molar-refractivity contribution in [3.8, 4) is 0 Å². The maximum atomic E-state index is 13.3. The van der Waals surface area contributed by atoms with Gasteiger partial charge in [0.05, 0.1) is 15.9 Å². The zero-order valence-corrected chi connectivity index (χ0v) is 13.8. The van der Waals surface area contributed by atoms with Gasteiger partial charge in [0.15, 0.2) is 11.6 Å². The Morgan fingerprint density at radius 3 is 2.58 bits per heavy atom. The molecule has 2 amide bonds. The van der Waals surface area contributed by atoms with Gasteiger partial charge in [0.1, 0.15) is 0 Å². The molecule has 0 saturated heterocycles. The highest BCUT2D eigenvalue weighted by molar-refractivity contribution is 7.18. The smallest absolute Gasteiger partial charge is 0.261 e. The molecule has 1 aliphatic carbocycles. The average molecular weight is 350 g/mol. The predicted octanol–water partition coefficient (Wildman–Crippen LogP) is 3.87. The Labute approximate surface area is 141 Å². The molecule has 1 aromatic carbocycles. The standard InChI is InChI=1S/C17H16F2N2O2S/c1-9(11-4-5-12(18)13(19)8-11)20-17(23)14-6-7-15(24-14)21-16(22)10-2-3-10/h4-10H,2-3H2,1H3,(H,20,23)(H,21,22). The van der Waals surface area contributed by atoms with E-state index < -0.39 is 17.7 Å². The summed E-state index contributed by atoms with van der Waals surface area (Å²) in [5, 5.41) is 6.14. The van der Waals surface area contributed by atoms with E-state index in [2.05, 4.69) is 10.6 Å². The Hall–Kier alpha value is -2.28. The van der Waals surface area contributed by atoms with E-state index in [1.807, 2.05) is 0 Å². The quantitative estimate of drug-likeness (QED) is 0.860. The minimum atomic E-state index is -0.949. The molecule has 1 aliphatic rings. The molecule has 1 atom stereocenters. The Bertz CT molecular complexity index is 787. The van der Waals surface area contributed by atoms with Crippen molar-refractivity contribution in [3.05, 3.63) is 52.4 Å². The molecular weight excluding hydrogens is 334 g/mol. The summed E-state index contributed by atoms with van der Waals surface area (Å²) in [6, 6.07) is 6.36. The molecule has 7 heteroatoms. The summed E-state index contributed by atoms with van der Waals surface area (Å²) in [4.78, 5) is 24.4. The van der Waals surface area contributed by atoms with Gasteiger partial charge in [-0.05, 0) is 49.6 Å². The molecule has 4 nitrogen and oxygen atoms in total. The normalized spacial score (nSPS) is 15.0. The topological polar surface area (TPSA) is 58.2 Å². The minimum absolute atomic E-state index is 0.0148. The number of carbonyl (C=O) groups excluding carboxylic acids is 2. The van der Waals surface area contributed by atoms with Crippen LogP contribution < -0.4 is 10.6 Å². The fourth-order valence-electron chi connectivity index (χ4n) is 2.23. The fraction of sp³-hybridized carbons (Fsp3) is 0.294. The first-order valence-corrected chi connectivity index (χ1v) is 8.42. The van der Waals surface area contributed by atoms with Gasteiger partial charge in [-0.25, -0.2) is 8.78 Å². The number of nitrogens with one attached hydrogen (secondary N) is 2. The summed E-state index contributed by atoms with van der Waals surface area (Å²) in [6.07, 6.45) is 1.83. The highest BCUT2D eigenvalue weighted by atomic mass is 32.1. The van der Waals surface area contributed by atoms with Gasteiger partial charge in [0.2, 0.25) is 5.91 Å². The average Bonchev–Trinajstić information content (AvgIpc) is 3.30. The molecule has 1 fully saturated rings. The van der Waals surface area contributed by atoms with Crippen LogP contribution in [0.4, 0.5) is 13.8 Å². The van der Waals surface area contributed by atoms with Crippen LogP contribution in [0, 0.1) is 17.6 Å². The molecule has 1 aromatic heterocycles. The van der Waals surface area contributed by atoms with Crippen molar-refractivity contribution in [3.63, 3.8) is 0 Å². The van der Waals surface area contributed by atoms with Crippen molar-refractivity contribution in [2.45, 2.75) is 25.8 Å². The van der Waals surface area contributed by atoms with Gasteiger partial charge in [-0.1, -0.05) is 6.07 Å². The van der Waals surface area contributed by atoms with Gasteiger partial charge in [-0.2, -0.15) is 0 Å². The van der Waals surface area contributed by atoms with E-state index in [4.69, 9.17) is 0 Å². The molecule has 0 aliphatic heterocycles. The zero-order chi connectivity index (χ0) is 17.3. The van der Waals surface area contributed by atoms with Gasteiger partial charge in [-0.3, -0.25) is 9.59 Å². The number of amides is 2. The summed E-state index contributed by atoms with van der Waals surface area (Å²) >= 11 is 1.18. The SMILES string of the molecule is CC(NC(=O)c1ccc(NC(=O)C2CC2)s1)c1ccc(F)c(F)c1. The lowest BCUT2D eigenvalue weighted by Crippen LogP contribution is -2.26. The molecule has 1 saturated carbocycles.